The first-order valence-corrected chi connectivity index (χ1v) is 4.96. The quantitative estimate of drug-likeness (QED) is 0.784. The van der Waals surface area contributed by atoms with Gasteiger partial charge in [0.15, 0.2) is 0 Å². The Morgan fingerprint density at radius 3 is 2.93 bits per heavy atom. The lowest BCUT2D eigenvalue weighted by Gasteiger charge is -2.18. The molecule has 0 bridgehead atoms. The Kier molecular flexibility index (Phi) is 2.30. The number of aromatic amines is 1. The summed E-state index contributed by atoms with van der Waals surface area (Å²) in [5, 5.41) is 8.95. The molecule has 1 aliphatic rings. The van der Waals surface area contributed by atoms with Crippen molar-refractivity contribution in [2.24, 2.45) is 5.41 Å². The zero-order chi connectivity index (χ0) is 10.0. The number of aromatic nitrogens is 1. The molecular formula is C11H15N3. The summed E-state index contributed by atoms with van der Waals surface area (Å²) in [5.41, 5.74) is 1.18. The molecule has 2 rings (SSSR count). The van der Waals surface area contributed by atoms with Crippen molar-refractivity contribution < 1.29 is 0 Å². The summed E-state index contributed by atoms with van der Waals surface area (Å²) in [7, 11) is 2.07. The molecule has 1 N–H and O–H groups in total. The van der Waals surface area contributed by atoms with Crippen LogP contribution in [0.15, 0.2) is 18.3 Å². The van der Waals surface area contributed by atoms with E-state index in [-0.39, 0.29) is 5.41 Å². The van der Waals surface area contributed by atoms with Crippen molar-refractivity contribution >= 4 is 0 Å². The SMILES string of the molecule is CN(Cc1ccc[nH]1)CC1(C#N)CC1. The van der Waals surface area contributed by atoms with Gasteiger partial charge in [-0.2, -0.15) is 5.26 Å². The molecule has 0 saturated heterocycles. The number of nitrogens with one attached hydrogen (secondary N) is 1. The minimum Gasteiger partial charge on any atom is -0.364 e. The Balaban J connectivity index is 1.85. The van der Waals surface area contributed by atoms with Gasteiger partial charge in [-0.05, 0) is 32.0 Å². The molecule has 0 amide bonds. The van der Waals surface area contributed by atoms with Gasteiger partial charge in [0.1, 0.15) is 0 Å². The van der Waals surface area contributed by atoms with Crippen molar-refractivity contribution in [2.45, 2.75) is 19.4 Å². The normalized spacial score (nSPS) is 18.1. The molecule has 0 aliphatic heterocycles. The largest absolute Gasteiger partial charge is 0.364 e. The zero-order valence-corrected chi connectivity index (χ0v) is 8.45. The van der Waals surface area contributed by atoms with Gasteiger partial charge in [0.2, 0.25) is 0 Å². The van der Waals surface area contributed by atoms with E-state index in [0.29, 0.717) is 0 Å². The van der Waals surface area contributed by atoms with Crippen molar-refractivity contribution in [2.75, 3.05) is 13.6 Å². The van der Waals surface area contributed by atoms with E-state index >= 15 is 0 Å². The molecule has 14 heavy (non-hydrogen) atoms. The highest BCUT2D eigenvalue weighted by molar-refractivity contribution is 5.11. The van der Waals surface area contributed by atoms with Gasteiger partial charge in [-0.1, -0.05) is 0 Å². The molecule has 3 heteroatoms. The molecule has 0 unspecified atom stereocenters. The molecule has 3 nitrogen and oxygen atoms in total. The average Bonchev–Trinajstić information content (AvgIpc) is 2.74. The van der Waals surface area contributed by atoms with E-state index in [0.717, 1.165) is 25.9 Å². The average molecular weight is 189 g/mol. The molecule has 1 aliphatic carbocycles. The molecule has 0 aromatic carbocycles. The molecule has 1 saturated carbocycles. The van der Waals surface area contributed by atoms with Gasteiger partial charge in [0.25, 0.3) is 0 Å². The second kappa shape index (κ2) is 3.47. The fourth-order valence-corrected chi connectivity index (χ4v) is 1.79. The number of hydrogen-bond donors (Lipinski definition) is 1. The van der Waals surface area contributed by atoms with Crippen molar-refractivity contribution in [3.63, 3.8) is 0 Å². The molecule has 1 heterocycles. The van der Waals surface area contributed by atoms with E-state index in [1.165, 1.54) is 5.69 Å². The van der Waals surface area contributed by atoms with Crippen LogP contribution in [0.25, 0.3) is 0 Å². The minimum atomic E-state index is -0.0264. The smallest absolute Gasteiger partial charge is 0.0703 e. The third kappa shape index (κ3) is 1.97. The van der Waals surface area contributed by atoms with Crippen LogP contribution >= 0.6 is 0 Å². The van der Waals surface area contributed by atoms with E-state index in [4.69, 9.17) is 5.26 Å². The van der Waals surface area contributed by atoms with E-state index in [9.17, 15) is 0 Å². The second-order valence-electron chi connectivity index (χ2n) is 4.26. The van der Waals surface area contributed by atoms with E-state index in [1.54, 1.807) is 0 Å². The Bertz CT molecular complexity index is 330. The predicted molar refractivity (Wildman–Crippen MR) is 54.4 cm³/mol. The van der Waals surface area contributed by atoms with Crippen molar-refractivity contribution in [1.29, 1.82) is 5.26 Å². The Labute approximate surface area is 84.3 Å². The first kappa shape index (κ1) is 9.29. The van der Waals surface area contributed by atoms with Crippen LogP contribution in [0.3, 0.4) is 0 Å². The number of rotatable bonds is 4. The van der Waals surface area contributed by atoms with Crippen LogP contribution in [0.5, 0.6) is 0 Å². The van der Waals surface area contributed by atoms with Gasteiger partial charge in [0, 0.05) is 25.0 Å². The lowest BCUT2D eigenvalue weighted by molar-refractivity contribution is 0.284. The van der Waals surface area contributed by atoms with Gasteiger partial charge < -0.3 is 4.98 Å². The summed E-state index contributed by atoms with van der Waals surface area (Å²) >= 11 is 0. The maximum Gasteiger partial charge on any atom is 0.0703 e. The van der Waals surface area contributed by atoms with Gasteiger partial charge in [-0.15, -0.1) is 0 Å². The third-order valence-electron chi connectivity index (χ3n) is 2.77. The van der Waals surface area contributed by atoms with Crippen LogP contribution in [-0.2, 0) is 6.54 Å². The first-order chi connectivity index (χ1) is 6.74. The van der Waals surface area contributed by atoms with Gasteiger partial charge in [0.05, 0.1) is 11.5 Å². The van der Waals surface area contributed by atoms with Crippen LogP contribution in [0.1, 0.15) is 18.5 Å². The highest BCUT2D eigenvalue weighted by Crippen LogP contribution is 2.45. The Morgan fingerprint density at radius 1 is 1.64 bits per heavy atom. The lowest BCUT2D eigenvalue weighted by atomic mass is 10.1. The van der Waals surface area contributed by atoms with Crippen LogP contribution in [0.4, 0.5) is 0 Å². The zero-order valence-electron chi connectivity index (χ0n) is 8.45. The van der Waals surface area contributed by atoms with Crippen molar-refractivity contribution in [3.05, 3.63) is 24.0 Å². The monoisotopic (exact) mass is 189 g/mol. The molecule has 1 aromatic rings. The van der Waals surface area contributed by atoms with E-state index in [2.05, 4.69) is 29.1 Å². The first-order valence-electron chi connectivity index (χ1n) is 4.96. The van der Waals surface area contributed by atoms with Gasteiger partial charge in [-0.3, -0.25) is 4.90 Å². The predicted octanol–water partition coefficient (Wildman–Crippen LogP) is 1.75. The lowest BCUT2D eigenvalue weighted by Crippen LogP contribution is -2.25. The van der Waals surface area contributed by atoms with Crippen molar-refractivity contribution in [3.8, 4) is 6.07 Å². The van der Waals surface area contributed by atoms with Crippen LogP contribution < -0.4 is 0 Å². The molecular weight excluding hydrogens is 174 g/mol. The van der Waals surface area contributed by atoms with Crippen LogP contribution in [-0.4, -0.2) is 23.5 Å². The Morgan fingerprint density at radius 2 is 2.43 bits per heavy atom. The summed E-state index contributed by atoms with van der Waals surface area (Å²) < 4.78 is 0. The maximum absolute atomic E-state index is 8.95. The topological polar surface area (TPSA) is 42.8 Å². The van der Waals surface area contributed by atoms with Crippen molar-refractivity contribution in [1.82, 2.24) is 9.88 Å². The highest BCUT2D eigenvalue weighted by atomic mass is 15.1. The summed E-state index contributed by atoms with van der Waals surface area (Å²) in [5.74, 6) is 0. The second-order valence-corrected chi connectivity index (χ2v) is 4.26. The number of nitriles is 1. The maximum atomic E-state index is 8.95. The summed E-state index contributed by atoms with van der Waals surface area (Å²) in [6.45, 7) is 1.79. The fourth-order valence-electron chi connectivity index (χ4n) is 1.79. The van der Waals surface area contributed by atoms with E-state index in [1.807, 2.05) is 12.3 Å². The Hall–Kier alpha value is -1.27. The summed E-state index contributed by atoms with van der Waals surface area (Å²) in [6, 6.07) is 6.48. The molecule has 0 spiro atoms. The van der Waals surface area contributed by atoms with E-state index < -0.39 is 0 Å². The molecule has 1 fully saturated rings. The molecule has 0 radical (unpaired) electrons. The summed E-state index contributed by atoms with van der Waals surface area (Å²) in [4.78, 5) is 5.38. The van der Waals surface area contributed by atoms with Gasteiger partial charge >= 0.3 is 0 Å². The van der Waals surface area contributed by atoms with Gasteiger partial charge in [-0.25, -0.2) is 0 Å². The van der Waals surface area contributed by atoms with Crippen LogP contribution in [0, 0.1) is 16.7 Å². The number of hydrogen-bond acceptors (Lipinski definition) is 2. The highest BCUT2D eigenvalue weighted by Gasteiger charge is 2.43. The number of H-pyrrole nitrogens is 1. The molecule has 1 aromatic heterocycles. The molecule has 74 valence electrons. The van der Waals surface area contributed by atoms with Crippen LogP contribution in [0.2, 0.25) is 0 Å². The minimum absolute atomic E-state index is 0.0264. The standard InChI is InChI=1S/C11H15N3/c1-14(7-10-3-2-6-13-10)9-11(8-12)4-5-11/h2-3,6,13H,4-5,7,9H2,1H3. The fraction of sp³-hybridized carbons (Fsp3) is 0.545. The third-order valence-corrected chi connectivity index (χ3v) is 2.77. The number of nitrogens with zero attached hydrogens (tertiary/aromatic N) is 2. The molecule has 0 atom stereocenters. The summed E-state index contributed by atoms with van der Waals surface area (Å²) in [6.07, 6.45) is 4.07.